The number of benzene rings is 1. The maximum absolute atomic E-state index is 11.1. The highest BCUT2D eigenvalue weighted by Crippen LogP contribution is 2.29. The Morgan fingerprint density at radius 2 is 1.84 bits per heavy atom. The third-order valence-electron chi connectivity index (χ3n) is 4.06. The van der Waals surface area contributed by atoms with Gasteiger partial charge in [0.05, 0.1) is 11.4 Å². The number of nitrogens with two attached hydrogens (primary N) is 2. The molecule has 0 saturated heterocycles. The fraction of sp³-hybridized carbons (Fsp3) is 0.533. The molecule has 1 aliphatic rings. The van der Waals surface area contributed by atoms with Crippen LogP contribution >= 0.6 is 0 Å². The van der Waals surface area contributed by atoms with Gasteiger partial charge in [0, 0.05) is 18.7 Å². The van der Waals surface area contributed by atoms with Gasteiger partial charge in [-0.15, -0.1) is 0 Å². The van der Waals surface area contributed by atoms with Gasteiger partial charge in [-0.3, -0.25) is 4.79 Å². The first-order chi connectivity index (χ1) is 9.09. The highest BCUT2D eigenvalue weighted by molar-refractivity contribution is 5.94. The highest BCUT2D eigenvalue weighted by atomic mass is 16.1. The Hall–Kier alpha value is -1.71. The smallest absolute Gasteiger partial charge is 0.248 e. The second kappa shape index (κ2) is 5.95. The van der Waals surface area contributed by atoms with Crippen LogP contribution in [-0.4, -0.2) is 19.0 Å². The Morgan fingerprint density at radius 1 is 1.21 bits per heavy atom. The average Bonchev–Trinajstić information content (AvgIpc) is 2.66. The SMILES string of the molecule is CN(c1ccc(C(N)=O)cc1N)C1CCCCCC1. The van der Waals surface area contributed by atoms with Crippen LogP contribution in [0.2, 0.25) is 0 Å². The zero-order valence-corrected chi connectivity index (χ0v) is 11.6. The molecular weight excluding hydrogens is 238 g/mol. The zero-order valence-electron chi connectivity index (χ0n) is 11.6. The lowest BCUT2D eigenvalue weighted by Gasteiger charge is -2.30. The van der Waals surface area contributed by atoms with Gasteiger partial charge in [-0.2, -0.15) is 0 Å². The molecule has 0 unspecified atom stereocenters. The molecular formula is C15H23N3O. The Bertz CT molecular complexity index is 451. The summed E-state index contributed by atoms with van der Waals surface area (Å²) in [7, 11) is 2.09. The summed E-state index contributed by atoms with van der Waals surface area (Å²) in [5.41, 5.74) is 13.4. The molecule has 0 heterocycles. The molecule has 19 heavy (non-hydrogen) atoms. The van der Waals surface area contributed by atoms with Crippen molar-refractivity contribution >= 4 is 17.3 Å². The van der Waals surface area contributed by atoms with E-state index in [-0.39, 0.29) is 0 Å². The van der Waals surface area contributed by atoms with E-state index < -0.39 is 5.91 Å². The summed E-state index contributed by atoms with van der Waals surface area (Å²) in [5, 5.41) is 0. The molecule has 1 aromatic rings. The summed E-state index contributed by atoms with van der Waals surface area (Å²) in [6.45, 7) is 0. The lowest BCUT2D eigenvalue weighted by Crippen LogP contribution is -2.31. The Morgan fingerprint density at radius 3 is 2.37 bits per heavy atom. The number of carbonyl (C=O) groups excluding carboxylic acids is 1. The topological polar surface area (TPSA) is 72.3 Å². The number of primary amides is 1. The molecule has 1 saturated carbocycles. The van der Waals surface area contributed by atoms with Crippen molar-refractivity contribution < 1.29 is 4.79 Å². The van der Waals surface area contributed by atoms with Gasteiger partial charge in [0.2, 0.25) is 5.91 Å². The maximum Gasteiger partial charge on any atom is 0.248 e. The Kier molecular flexibility index (Phi) is 4.30. The van der Waals surface area contributed by atoms with Crippen LogP contribution in [0.1, 0.15) is 48.9 Å². The number of hydrogen-bond donors (Lipinski definition) is 2. The van der Waals surface area contributed by atoms with Crippen LogP contribution in [0, 0.1) is 0 Å². The fourth-order valence-electron chi connectivity index (χ4n) is 2.87. The predicted molar refractivity (Wildman–Crippen MR) is 79.3 cm³/mol. The second-order valence-electron chi connectivity index (χ2n) is 5.39. The lowest BCUT2D eigenvalue weighted by atomic mass is 10.1. The normalized spacial score (nSPS) is 16.9. The summed E-state index contributed by atoms with van der Waals surface area (Å²) in [6, 6.07) is 5.87. The van der Waals surface area contributed by atoms with Crippen molar-refractivity contribution in [2.75, 3.05) is 17.7 Å². The molecule has 1 aromatic carbocycles. The lowest BCUT2D eigenvalue weighted by molar-refractivity contribution is 0.100. The molecule has 1 amide bonds. The van der Waals surface area contributed by atoms with Gasteiger partial charge in [-0.25, -0.2) is 0 Å². The molecule has 1 aliphatic carbocycles. The van der Waals surface area contributed by atoms with Crippen molar-refractivity contribution in [3.05, 3.63) is 23.8 Å². The molecule has 4 nitrogen and oxygen atoms in total. The standard InChI is InChI=1S/C15H23N3O/c1-18(12-6-4-2-3-5-7-12)14-9-8-11(15(17)19)10-13(14)16/h8-10,12H,2-7,16H2,1H3,(H2,17,19). The van der Waals surface area contributed by atoms with Gasteiger partial charge in [0.1, 0.15) is 0 Å². The van der Waals surface area contributed by atoms with E-state index in [1.807, 2.05) is 6.07 Å². The minimum atomic E-state index is -0.435. The van der Waals surface area contributed by atoms with Crippen LogP contribution in [0.4, 0.5) is 11.4 Å². The number of nitrogen functional groups attached to an aromatic ring is 1. The van der Waals surface area contributed by atoms with E-state index in [0.29, 0.717) is 17.3 Å². The van der Waals surface area contributed by atoms with Crippen molar-refractivity contribution in [2.45, 2.75) is 44.6 Å². The number of anilines is 2. The molecule has 0 radical (unpaired) electrons. The van der Waals surface area contributed by atoms with Crippen LogP contribution in [-0.2, 0) is 0 Å². The van der Waals surface area contributed by atoms with Gasteiger partial charge in [0.15, 0.2) is 0 Å². The molecule has 0 bridgehead atoms. The number of amides is 1. The van der Waals surface area contributed by atoms with E-state index in [4.69, 9.17) is 11.5 Å². The molecule has 104 valence electrons. The number of carbonyl (C=O) groups is 1. The first-order valence-electron chi connectivity index (χ1n) is 7.02. The summed E-state index contributed by atoms with van der Waals surface area (Å²) in [4.78, 5) is 13.4. The van der Waals surface area contributed by atoms with Crippen molar-refractivity contribution in [1.82, 2.24) is 0 Å². The molecule has 0 aromatic heterocycles. The van der Waals surface area contributed by atoms with Gasteiger partial charge < -0.3 is 16.4 Å². The molecule has 1 fully saturated rings. The van der Waals surface area contributed by atoms with Gasteiger partial charge >= 0.3 is 0 Å². The summed E-state index contributed by atoms with van der Waals surface area (Å²) in [6.07, 6.45) is 7.67. The second-order valence-corrected chi connectivity index (χ2v) is 5.39. The van der Waals surface area contributed by atoms with Crippen LogP contribution < -0.4 is 16.4 Å². The van der Waals surface area contributed by atoms with Gasteiger partial charge in [-0.1, -0.05) is 25.7 Å². The molecule has 0 atom stereocenters. The van der Waals surface area contributed by atoms with Crippen molar-refractivity contribution in [2.24, 2.45) is 5.73 Å². The van der Waals surface area contributed by atoms with E-state index in [1.165, 1.54) is 38.5 Å². The molecule has 0 spiro atoms. The Balaban J connectivity index is 2.18. The first kappa shape index (κ1) is 13.7. The van der Waals surface area contributed by atoms with Crippen LogP contribution in [0.15, 0.2) is 18.2 Å². The minimum absolute atomic E-state index is 0.435. The third-order valence-corrected chi connectivity index (χ3v) is 4.06. The minimum Gasteiger partial charge on any atom is -0.397 e. The number of hydrogen-bond acceptors (Lipinski definition) is 3. The number of rotatable bonds is 3. The highest BCUT2D eigenvalue weighted by Gasteiger charge is 2.19. The summed E-state index contributed by atoms with van der Waals surface area (Å²) < 4.78 is 0. The Labute approximate surface area is 114 Å². The van der Waals surface area contributed by atoms with Gasteiger partial charge in [-0.05, 0) is 31.0 Å². The van der Waals surface area contributed by atoms with Crippen molar-refractivity contribution in [3.63, 3.8) is 0 Å². The largest absolute Gasteiger partial charge is 0.397 e. The van der Waals surface area contributed by atoms with E-state index in [1.54, 1.807) is 12.1 Å². The first-order valence-corrected chi connectivity index (χ1v) is 7.02. The van der Waals surface area contributed by atoms with Crippen LogP contribution in [0.3, 0.4) is 0 Å². The van der Waals surface area contributed by atoms with Crippen molar-refractivity contribution in [3.8, 4) is 0 Å². The molecule has 2 rings (SSSR count). The van der Waals surface area contributed by atoms with E-state index in [9.17, 15) is 4.79 Å². The van der Waals surface area contributed by atoms with Crippen LogP contribution in [0.5, 0.6) is 0 Å². The third kappa shape index (κ3) is 3.19. The molecule has 4 N–H and O–H groups in total. The molecule has 0 aliphatic heterocycles. The maximum atomic E-state index is 11.1. The zero-order chi connectivity index (χ0) is 13.8. The quantitative estimate of drug-likeness (QED) is 0.648. The predicted octanol–water partition coefficient (Wildman–Crippen LogP) is 2.53. The number of nitrogens with zero attached hydrogens (tertiary/aromatic N) is 1. The average molecular weight is 261 g/mol. The molecule has 4 heteroatoms. The van der Waals surface area contributed by atoms with Crippen LogP contribution in [0.25, 0.3) is 0 Å². The summed E-state index contributed by atoms with van der Waals surface area (Å²) in [5.74, 6) is -0.435. The van der Waals surface area contributed by atoms with Crippen molar-refractivity contribution in [1.29, 1.82) is 0 Å². The van der Waals surface area contributed by atoms with Gasteiger partial charge in [0.25, 0.3) is 0 Å². The monoisotopic (exact) mass is 261 g/mol. The fourth-order valence-corrected chi connectivity index (χ4v) is 2.87. The summed E-state index contributed by atoms with van der Waals surface area (Å²) >= 11 is 0. The van der Waals surface area contributed by atoms with E-state index >= 15 is 0 Å². The van der Waals surface area contributed by atoms with E-state index in [0.717, 1.165) is 5.69 Å². The van der Waals surface area contributed by atoms with E-state index in [2.05, 4.69) is 11.9 Å².